The van der Waals surface area contributed by atoms with Crippen LogP contribution < -0.4 is 0 Å². The Bertz CT molecular complexity index is 501. The van der Waals surface area contributed by atoms with Crippen LogP contribution in [0, 0.1) is 6.92 Å². The molecule has 6 heteroatoms. The van der Waals surface area contributed by atoms with E-state index in [9.17, 15) is 4.79 Å². The number of amides is 1. The zero-order valence-electron chi connectivity index (χ0n) is 9.53. The molecule has 2 rings (SSSR count). The molecule has 0 saturated carbocycles. The van der Waals surface area contributed by atoms with E-state index in [0.717, 1.165) is 20.1 Å². The number of carbonyl (C=O) groups is 1. The summed E-state index contributed by atoms with van der Waals surface area (Å²) in [5.74, 6) is 0.799. The molecule has 1 amide bonds. The molecule has 0 aromatic carbocycles. The Morgan fingerprint density at radius 2 is 2.41 bits per heavy atom. The zero-order valence-corrected chi connectivity index (χ0v) is 11.9. The highest BCUT2D eigenvalue weighted by Gasteiger charge is 2.16. The summed E-state index contributed by atoms with van der Waals surface area (Å²) in [6, 6.07) is 1.90. The first kappa shape index (κ1) is 12.3. The Kier molecular flexibility index (Phi) is 3.63. The van der Waals surface area contributed by atoms with Crippen LogP contribution in [0.3, 0.4) is 0 Å². The van der Waals surface area contributed by atoms with Gasteiger partial charge in [-0.2, -0.15) is 0 Å². The van der Waals surface area contributed by atoms with Crippen molar-refractivity contribution in [3.05, 3.63) is 38.5 Å². The van der Waals surface area contributed by atoms with E-state index < -0.39 is 0 Å². The van der Waals surface area contributed by atoms with Gasteiger partial charge in [-0.05, 0) is 34.5 Å². The summed E-state index contributed by atoms with van der Waals surface area (Å²) < 4.78 is 1.01. The number of nitrogens with zero attached hydrogens (tertiary/aromatic N) is 2. The van der Waals surface area contributed by atoms with E-state index in [4.69, 9.17) is 0 Å². The van der Waals surface area contributed by atoms with Crippen molar-refractivity contribution in [1.82, 2.24) is 14.9 Å². The Balaban J connectivity index is 2.09. The number of halogens is 1. The molecule has 0 saturated heterocycles. The molecule has 90 valence electrons. The predicted molar refractivity (Wildman–Crippen MR) is 71.1 cm³/mol. The van der Waals surface area contributed by atoms with Gasteiger partial charge in [0.2, 0.25) is 0 Å². The summed E-state index contributed by atoms with van der Waals surface area (Å²) in [4.78, 5) is 21.6. The van der Waals surface area contributed by atoms with Crippen LogP contribution in [0.5, 0.6) is 0 Å². The lowest BCUT2D eigenvalue weighted by atomic mass is 10.3. The molecule has 2 heterocycles. The number of carbonyl (C=O) groups excluding carboxylic acids is 1. The first-order valence-electron chi connectivity index (χ1n) is 5.07. The van der Waals surface area contributed by atoms with Gasteiger partial charge in [-0.3, -0.25) is 4.79 Å². The molecule has 0 atom stereocenters. The summed E-state index contributed by atoms with van der Waals surface area (Å²) >= 11 is 4.88. The number of aromatic amines is 1. The topological polar surface area (TPSA) is 49.0 Å². The molecular weight excluding hydrogens is 302 g/mol. The highest BCUT2D eigenvalue weighted by atomic mass is 79.9. The number of thiophene rings is 1. The number of aryl methyl sites for hydroxylation is 1. The molecule has 17 heavy (non-hydrogen) atoms. The van der Waals surface area contributed by atoms with E-state index in [1.165, 1.54) is 11.3 Å². The average Bonchev–Trinajstić information content (AvgIpc) is 2.89. The van der Waals surface area contributed by atoms with E-state index in [0.29, 0.717) is 6.54 Å². The van der Waals surface area contributed by atoms with Crippen LogP contribution in [0.25, 0.3) is 0 Å². The maximum atomic E-state index is 12.1. The fourth-order valence-electron chi connectivity index (χ4n) is 1.43. The molecule has 2 aromatic heterocycles. The Labute approximate surface area is 112 Å². The fourth-order valence-corrected chi connectivity index (χ4v) is 2.96. The van der Waals surface area contributed by atoms with Crippen molar-refractivity contribution < 1.29 is 4.79 Å². The van der Waals surface area contributed by atoms with Gasteiger partial charge in [-0.15, -0.1) is 11.3 Å². The number of hydrogen-bond acceptors (Lipinski definition) is 3. The lowest BCUT2D eigenvalue weighted by Crippen LogP contribution is -2.25. The van der Waals surface area contributed by atoms with Gasteiger partial charge in [-0.1, -0.05) is 0 Å². The van der Waals surface area contributed by atoms with Gasteiger partial charge in [-0.25, -0.2) is 4.98 Å². The molecule has 1 N–H and O–H groups in total. The second kappa shape index (κ2) is 5.01. The van der Waals surface area contributed by atoms with Crippen LogP contribution in [0.2, 0.25) is 0 Å². The molecule has 0 bridgehead atoms. The first-order chi connectivity index (χ1) is 8.08. The lowest BCUT2D eigenvalue weighted by molar-refractivity contribution is 0.0786. The number of nitrogens with one attached hydrogen (secondary N) is 1. The second-order valence-corrected chi connectivity index (χ2v) is 6.13. The van der Waals surface area contributed by atoms with Crippen molar-refractivity contribution in [1.29, 1.82) is 0 Å². The fraction of sp³-hybridized carbons (Fsp3) is 0.273. The van der Waals surface area contributed by atoms with Crippen LogP contribution >= 0.6 is 27.3 Å². The van der Waals surface area contributed by atoms with Crippen LogP contribution in [0.1, 0.15) is 21.1 Å². The van der Waals surface area contributed by atoms with Gasteiger partial charge < -0.3 is 9.88 Å². The van der Waals surface area contributed by atoms with Crippen molar-refractivity contribution in [2.75, 3.05) is 7.05 Å². The van der Waals surface area contributed by atoms with Gasteiger partial charge in [0, 0.05) is 19.4 Å². The molecule has 0 aliphatic carbocycles. The van der Waals surface area contributed by atoms with E-state index in [-0.39, 0.29) is 5.91 Å². The van der Waals surface area contributed by atoms with Crippen molar-refractivity contribution in [3.63, 3.8) is 0 Å². The lowest BCUT2D eigenvalue weighted by Gasteiger charge is -2.14. The minimum atomic E-state index is 0.0141. The molecule has 0 radical (unpaired) electrons. The summed E-state index contributed by atoms with van der Waals surface area (Å²) in [6.07, 6.45) is 3.43. The van der Waals surface area contributed by atoms with Gasteiger partial charge in [0.15, 0.2) is 0 Å². The maximum absolute atomic E-state index is 12.1. The molecule has 2 aromatic rings. The van der Waals surface area contributed by atoms with Crippen molar-refractivity contribution in [2.24, 2.45) is 0 Å². The van der Waals surface area contributed by atoms with Gasteiger partial charge >= 0.3 is 0 Å². The van der Waals surface area contributed by atoms with Gasteiger partial charge in [0.05, 0.1) is 15.2 Å². The molecule has 0 fully saturated rings. The number of hydrogen-bond donors (Lipinski definition) is 1. The monoisotopic (exact) mass is 313 g/mol. The third-order valence-corrected chi connectivity index (χ3v) is 4.48. The van der Waals surface area contributed by atoms with Crippen LogP contribution in [-0.4, -0.2) is 27.8 Å². The highest BCUT2D eigenvalue weighted by Crippen LogP contribution is 2.28. The number of rotatable bonds is 3. The van der Waals surface area contributed by atoms with Crippen molar-refractivity contribution in [3.8, 4) is 0 Å². The van der Waals surface area contributed by atoms with Crippen molar-refractivity contribution >= 4 is 33.2 Å². The van der Waals surface area contributed by atoms with E-state index in [2.05, 4.69) is 25.9 Å². The molecule has 0 spiro atoms. The standard InChI is InChI=1S/C11H12BrN3OS/c1-7-5-8(17-10(7)12)11(16)15(2)6-9-13-3-4-14-9/h3-5H,6H2,1-2H3,(H,13,14). The normalized spacial score (nSPS) is 10.5. The van der Waals surface area contributed by atoms with E-state index in [1.807, 2.05) is 13.0 Å². The van der Waals surface area contributed by atoms with Gasteiger partial charge in [0.1, 0.15) is 5.82 Å². The maximum Gasteiger partial charge on any atom is 0.264 e. The number of aromatic nitrogens is 2. The summed E-state index contributed by atoms with van der Waals surface area (Å²) in [5.41, 5.74) is 1.09. The Morgan fingerprint density at radius 3 is 2.94 bits per heavy atom. The smallest absolute Gasteiger partial charge is 0.264 e. The summed E-state index contributed by atoms with van der Waals surface area (Å²) in [6.45, 7) is 2.46. The predicted octanol–water partition coefficient (Wildman–Crippen LogP) is 2.81. The van der Waals surface area contributed by atoms with Crippen LogP contribution in [0.15, 0.2) is 22.2 Å². The molecule has 4 nitrogen and oxygen atoms in total. The molecule has 0 unspecified atom stereocenters. The zero-order chi connectivity index (χ0) is 12.4. The third kappa shape index (κ3) is 2.76. The number of H-pyrrole nitrogens is 1. The summed E-state index contributed by atoms with van der Waals surface area (Å²) in [7, 11) is 1.77. The highest BCUT2D eigenvalue weighted by molar-refractivity contribution is 9.11. The quantitative estimate of drug-likeness (QED) is 0.947. The number of imidazole rings is 1. The minimum absolute atomic E-state index is 0.0141. The van der Waals surface area contributed by atoms with Crippen LogP contribution in [-0.2, 0) is 6.54 Å². The van der Waals surface area contributed by atoms with E-state index in [1.54, 1.807) is 24.3 Å². The Hall–Kier alpha value is -1.14. The minimum Gasteiger partial charge on any atom is -0.347 e. The average molecular weight is 314 g/mol. The molecular formula is C11H12BrN3OS. The molecule has 0 aliphatic rings. The van der Waals surface area contributed by atoms with E-state index >= 15 is 0 Å². The van der Waals surface area contributed by atoms with Crippen molar-refractivity contribution in [2.45, 2.75) is 13.5 Å². The summed E-state index contributed by atoms with van der Waals surface area (Å²) in [5, 5.41) is 0. The van der Waals surface area contributed by atoms with Crippen LogP contribution in [0.4, 0.5) is 0 Å². The van der Waals surface area contributed by atoms with Gasteiger partial charge in [0.25, 0.3) is 5.91 Å². The SMILES string of the molecule is Cc1cc(C(=O)N(C)Cc2ncc[nH]2)sc1Br. The third-order valence-electron chi connectivity index (χ3n) is 2.36. The first-order valence-corrected chi connectivity index (χ1v) is 6.68. The Morgan fingerprint density at radius 1 is 1.65 bits per heavy atom. The largest absolute Gasteiger partial charge is 0.347 e. The second-order valence-electron chi connectivity index (χ2n) is 3.76. The molecule has 0 aliphatic heterocycles.